The number of rotatable bonds is 3. The second kappa shape index (κ2) is 6.51. The molecular formula is C16H19N5O2. The maximum atomic E-state index is 11.2. The fourth-order valence-electron chi connectivity index (χ4n) is 2.56. The minimum absolute atomic E-state index is 0.369. The molecule has 2 amide bonds. The van der Waals surface area contributed by atoms with Crippen molar-refractivity contribution in [3.05, 3.63) is 36.5 Å². The Kier molecular flexibility index (Phi) is 4.27. The first kappa shape index (κ1) is 15.1. The monoisotopic (exact) mass is 313 g/mol. The van der Waals surface area contributed by atoms with Crippen LogP contribution in [-0.2, 0) is 0 Å². The summed E-state index contributed by atoms with van der Waals surface area (Å²) < 4.78 is 5.16. The predicted molar refractivity (Wildman–Crippen MR) is 87.4 cm³/mol. The summed E-state index contributed by atoms with van der Waals surface area (Å²) in [5, 5.41) is 0. The quantitative estimate of drug-likeness (QED) is 0.924. The lowest BCUT2D eigenvalue weighted by molar-refractivity contribution is 0.204. The van der Waals surface area contributed by atoms with Gasteiger partial charge in [0.2, 0.25) is 0 Å². The number of ether oxygens (including phenoxy) is 1. The van der Waals surface area contributed by atoms with Crippen LogP contribution in [0.25, 0.3) is 11.4 Å². The van der Waals surface area contributed by atoms with Crippen LogP contribution >= 0.6 is 0 Å². The van der Waals surface area contributed by atoms with Gasteiger partial charge in [0.05, 0.1) is 7.11 Å². The Morgan fingerprint density at radius 3 is 2.43 bits per heavy atom. The van der Waals surface area contributed by atoms with E-state index in [4.69, 9.17) is 10.5 Å². The van der Waals surface area contributed by atoms with E-state index in [-0.39, 0.29) is 6.03 Å². The lowest BCUT2D eigenvalue weighted by atomic mass is 10.2. The van der Waals surface area contributed by atoms with Crippen molar-refractivity contribution in [2.45, 2.75) is 0 Å². The lowest BCUT2D eigenvalue weighted by Crippen LogP contribution is -2.50. The Morgan fingerprint density at radius 1 is 1.13 bits per heavy atom. The van der Waals surface area contributed by atoms with Crippen LogP contribution in [0.5, 0.6) is 5.75 Å². The second-order valence-electron chi connectivity index (χ2n) is 5.28. The van der Waals surface area contributed by atoms with Crippen LogP contribution in [0, 0.1) is 0 Å². The van der Waals surface area contributed by atoms with Crippen LogP contribution in [0.3, 0.4) is 0 Å². The average molecular weight is 313 g/mol. The molecule has 1 aliphatic rings. The molecule has 120 valence electrons. The zero-order chi connectivity index (χ0) is 16.2. The number of aromatic nitrogens is 2. The van der Waals surface area contributed by atoms with Crippen molar-refractivity contribution in [1.82, 2.24) is 14.9 Å². The highest BCUT2D eigenvalue weighted by Gasteiger charge is 2.20. The molecule has 7 nitrogen and oxygen atoms in total. The molecule has 0 atom stereocenters. The molecule has 1 aromatic heterocycles. The molecular weight excluding hydrogens is 294 g/mol. The molecule has 1 fully saturated rings. The summed E-state index contributed by atoms with van der Waals surface area (Å²) in [6, 6.07) is 9.15. The van der Waals surface area contributed by atoms with Crippen LogP contribution in [0.4, 0.5) is 10.6 Å². The number of amides is 2. The van der Waals surface area contributed by atoms with Crippen LogP contribution in [0.1, 0.15) is 0 Å². The van der Waals surface area contributed by atoms with E-state index in [2.05, 4.69) is 14.9 Å². The van der Waals surface area contributed by atoms with Crippen molar-refractivity contribution >= 4 is 11.8 Å². The van der Waals surface area contributed by atoms with Crippen molar-refractivity contribution in [2.75, 3.05) is 38.2 Å². The van der Waals surface area contributed by atoms with Gasteiger partial charge >= 0.3 is 6.03 Å². The summed E-state index contributed by atoms with van der Waals surface area (Å²) >= 11 is 0. The highest BCUT2D eigenvalue weighted by atomic mass is 16.5. The molecule has 0 radical (unpaired) electrons. The van der Waals surface area contributed by atoms with Gasteiger partial charge in [-0.15, -0.1) is 0 Å². The van der Waals surface area contributed by atoms with E-state index in [0.29, 0.717) is 32.0 Å². The summed E-state index contributed by atoms with van der Waals surface area (Å²) in [5.74, 6) is 2.32. The van der Waals surface area contributed by atoms with Gasteiger partial charge in [0.25, 0.3) is 0 Å². The highest BCUT2D eigenvalue weighted by molar-refractivity contribution is 5.72. The number of urea groups is 1. The Balaban J connectivity index is 1.76. The number of carbonyl (C=O) groups is 1. The number of piperazine rings is 1. The van der Waals surface area contributed by atoms with E-state index in [1.807, 2.05) is 30.3 Å². The average Bonchev–Trinajstić information content (AvgIpc) is 2.62. The zero-order valence-corrected chi connectivity index (χ0v) is 13.0. The van der Waals surface area contributed by atoms with Gasteiger partial charge in [-0.1, -0.05) is 0 Å². The number of benzene rings is 1. The van der Waals surface area contributed by atoms with Crippen molar-refractivity contribution < 1.29 is 9.53 Å². The third-order valence-electron chi connectivity index (χ3n) is 3.90. The predicted octanol–water partition coefficient (Wildman–Crippen LogP) is 1.35. The van der Waals surface area contributed by atoms with E-state index >= 15 is 0 Å². The Bertz CT molecular complexity index is 681. The van der Waals surface area contributed by atoms with Crippen LogP contribution < -0.4 is 15.4 Å². The SMILES string of the molecule is COc1ccc(-c2nccc(N3CCN(C(N)=O)CC3)n2)cc1. The number of hydrogen-bond acceptors (Lipinski definition) is 5. The van der Waals surface area contributed by atoms with Crippen LogP contribution in [0.2, 0.25) is 0 Å². The van der Waals surface area contributed by atoms with Crippen molar-refractivity contribution in [1.29, 1.82) is 0 Å². The third-order valence-corrected chi connectivity index (χ3v) is 3.90. The summed E-state index contributed by atoms with van der Waals surface area (Å²) in [6.45, 7) is 2.64. The second-order valence-corrected chi connectivity index (χ2v) is 5.28. The van der Waals surface area contributed by atoms with E-state index in [1.54, 1.807) is 18.2 Å². The molecule has 0 spiro atoms. The van der Waals surface area contributed by atoms with Crippen LogP contribution in [0.15, 0.2) is 36.5 Å². The first-order chi connectivity index (χ1) is 11.2. The molecule has 0 bridgehead atoms. The number of hydrogen-bond donors (Lipinski definition) is 1. The molecule has 23 heavy (non-hydrogen) atoms. The van der Waals surface area contributed by atoms with E-state index in [0.717, 1.165) is 17.1 Å². The molecule has 7 heteroatoms. The Hall–Kier alpha value is -2.83. The summed E-state index contributed by atoms with van der Waals surface area (Å²) in [6.07, 6.45) is 1.75. The Morgan fingerprint density at radius 2 is 1.83 bits per heavy atom. The molecule has 1 aliphatic heterocycles. The maximum absolute atomic E-state index is 11.2. The topological polar surface area (TPSA) is 84.6 Å². The third kappa shape index (κ3) is 3.33. The first-order valence-electron chi connectivity index (χ1n) is 7.44. The molecule has 2 aromatic rings. The van der Waals surface area contributed by atoms with Gasteiger partial charge in [-0.25, -0.2) is 14.8 Å². The largest absolute Gasteiger partial charge is 0.497 e. The minimum atomic E-state index is -0.369. The van der Waals surface area contributed by atoms with Gasteiger partial charge in [-0.05, 0) is 30.3 Å². The van der Waals surface area contributed by atoms with Gasteiger partial charge in [0.1, 0.15) is 11.6 Å². The van der Waals surface area contributed by atoms with Crippen LogP contribution in [-0.4, -0.2) is 54.2 Å². The number of carbonyl (C=O) groups excluding carboxylic acids is 1. The molecule has 0 unspecified atom stereocenters. The summed E-state index contributed by atoms with van der Waals surface area (Å²) in [7, 11) is 1.64. The number of nitrogens with two attached hydrogens (primary N) is 1. The Labute approximate surface area is 134 Å². The smallest absolute Gasteiger partial charge is 0.314 e. The lowest BCUT2D eigenvalue weighted by Gasteiger charge is -2.34. The van der Waals surface area contributed by atoms with Crippen molar-refractivity contribution in [3.8, 4) is 17.1 Å². The normalized spacial score (nSPS) is 14.7. The number of anilines is 1. The summed E-state index contributed by atoms with van der Waals surface area (Å²) in [5.41, 5.74) is 6.24. The molecule has 1 saturated heterocycles. The minimum Gasteiger partial charge on any atom is -0.497 e. The fraction of sp³-hybridized carbons (Fsp3) is 0.312. The first-order valence-corrected chi connectivity index (χ1v) is 7.44. The van der Waals surface area contributed by atoms with E-state index in [1.165, 1.54) is 0 Å². The molecule has 1 aromatic carbocycles. The standard InChI is InChI=1S/C16H19N5O2/c1-23-13-4-2-12(3-5-13)15-18-7-6-14(19-15)20-8-10-21(11-9-20)16(17)22/h2-7H,8-11H2,1H3,(H2,17,22). The van der Waals surface area contributed by atoms with Crippen molar-refractivity contribution in [3.63, 3.8) is 0 Å². The number of primary amides is 1. The zero-order valence-electron chi connectivity index (χ0n) is 13.0. The van der Waals surface area contributed by atoms with Gasteiger partial charge < -0.3 is 20.3 Å². The van der Waals surface area contributed by atoms with Gasteiger partial charge in [0, 0.05) is 37.9 Å². The van der Waals surface area contributed by atoms with E-state index < -0.39 is 0 Å². The summed E-state index contributed by atoms with van der Waals surface area (Å²) in [4.78, 5) is 23.9. The van der Waals surface area contributed by atoms with Gasteiger partial charge in [-0.2, -0.15) is 0 Å². The molecule has 0 aliphatic carbocycles. The van der Waals surface area contributed by atoms with Gasteiger partial charge in [-0.3, -0.25) is 0 Å². The van der Waals surface area contributed by atoms with E-state index in [9.17, 15) is 4.79 Å². The van der Waals surface area contributed by atoms with Crippen molar-refractivity contribution in [2.24, 2.45) is 5.73 Å². The van der Waals surface area contributed by atoms with Gasteiger partial charge in [0.15, 0.2) is 5.82 Å². The molecule has 2 heterocycles. The number of methoxy groups -OCH3 is 1. The fourth-order valence-corrected chi connectivity index (χ4v) is 2.56. The molecule has 2 N–H and O–H groups in total. The molecule has 0 saturated carbocycles. The molecule has 3 rings (SSSR count). The number of nitrogens with zero attached hydrogens (tertiary/aromatic N) is 4. The highest BCUT2D eigenvalue weighted by Crippen LogP contribution is 2.21. The maximum Gasteiger partial charge on any atom is 0.314 e.